The highest BCUT2D eigenvalue weighted by Gasteiger charge is 2.10. The number of benzene rings is 2. The lowest BCUT2D eigenvalue weighted by atomic mass is 10.1. The summed E-state index contributed by atoms with van der Waals surface area (Å²) in [5.74, 6) is 0. The molecule has 0 atom stereocenters. The summed E-state index contributed by atoms with van der Waals surface area (Å²) in [6, 6.07) is 15.1. The van der Waals surface area contributed by atoms with E-state index >= 15 is 0 Å². The second-order valence-corrected chi connectivity index (χ2v) is 7.72. The highest BCUT2D eigenvalue weighted by atomic mass is 79.9. The summed E-state index contributed by atoms with van der Waals surface area (Å²) in [5, 5.41) is 0. The third-order valence-corrected chi connectivity index (χ3v) is 5.66. The van der Waals surface area contributed by atoms with E-state index in [-0.39, 0.29) is 0 Å². The molecule has 0 N–H and O–H groups in total. The van der Waals surface area contributed by atoms with Crippen LogP contribution in [0.15, 0.2) is 53.1 Å². The Bertz CT molecular complexity index is 966. The number of hydrogen-bond donors (Lipinski definition) is 0. The van der Waals surface area contributed by atoms with Gasteiger partial charge in [-0.25, -0.2) is 4.98 Å². The van der Waals surface area contributed by atoms with Gasteiger partial charge in [0.15, 0.2) is 4.96 Å². The maximum Gasteiger partial charge on any atom is 0.195 e. The Labute approximate surface area is 147 Å². The number of aromatic nitrogens is 2. The summed E-state index contributed by atoms with van der Waals surface area (Å²) in [6.07, 6.45) is 5.80. The predicted molar refractivity (Wildman–Crippen MR) is 102 cm³/mol. The van der Waals surface area contributed by atoms with Crippen LogP contribution in [0.3, 0.4) is 0 Å². The van der Waals surface area contributed by atoms with Crippen LogP contribution in [-0.2, 0) is 6.42 Å². The average molecular weight is 385 g/mol. The first-order valence-corrected chi connectivity index (χ1v) is 9.52. The molecule has 4 aromatic rings. The van der Waals surface area contributed by atoms with Gasteiger partial charge < -0.3 is 0 Å². The Morgan fingerprint density at radius 1 is 1.13 bits per heavy atom. The number of nitrogens with zero attached hydrogens (tertiary/aromatic N) is 2. The normalized spacial score (nSPS) is 11.6. The van der Waals surface area contributed by atoms with E-state index in [1.54, 1.807) is 11.3 Å². The van der Waals surface area contributed by atoms with Gasteiger partial charge in [0.2, 0.25) is 0 Å². The van der Waals surface area contributed by atoms with E-state index in [1.807, 2.05) is 0 Å². The molecule has 2 aromatic heterocycles. The van der Waals surface area contributed by atoms with Crippen molar-refractivity contribution in [3.8, 4) is 11.3 Å². The maximum absolute atomic E-state index is 4.81. The summed E-state index contributed by atoms with van der Waals surface area (Å²) in [6.45, 7) is 2.24. The van der Waals surface area contributed by atoms with Crippen LogP contribution < -0.4 is 0 Å². The molecule has 2 heterocycles. The maximum atomic E-state index is 4.81. The van der Waals surface area contributed by atoms with Gasteiger partial charge in [-0.1, -0.05) is 58.8 Å². The van der Waals surface area contributed by atoms with Crippen LogP contribution >= 0.6 is 27.3 Å². The molecule has 2 nitrogen and oxygen atoms in total. The van der Waals surface area contributed by atoms with Crippen LogP contribution in [0.25, 0.3) is 26.4 Å². The highest BCUT2D eigenvalue weighted by molar-refractivity contribution is 9.10. The fraction of sp³-hybridized carbons (Fsp3) is 0.211. The first-order valence-electron chi connectivity index (χ1n) is 7.91. The van der Waals surface area contributed by atoms with Crippen molar-refractivity contribution in [1.82, 2.24) is 9.38 Å². The quantitative estimate of drug-likeness (QED) is 0.402. The molecule has 0 saturated carbocycles. The van der Waals surface area contributed by atoms with Crippen LogP contribution in [-0.4, -0.2) is 9.38 Å². The van der Waals surface area contributed by atoms with Crippen LogP contribution in [0.4, 0.5) is 0 Å². The number of halogens is 1. The summed E-state index contributed by atoms with van der Waals surface area (Å²) < 4.78 is 4.62. The summed E-state index contributed by atoms with van der Waals surface area (Å²) in [4.78, 5) is 5.87. The van der Waals surface area contributed by atoms with E-state index in [4.69, 9.17) is 4.98 Å². The number of aryl methyl sites for hydroxylation is 1. The van der Waals surface area contributed by atoms with Crippen LogP contribution in [0, 0.1) is 0 Å². The molecule has 0 unspecified atom stereocenters. The van der Waals surface area contributed by atoms with Gasteiger partial charge in [-0.2, -0.15) is 0 Å². The number of rotatable bonds is 4. The molecule has 0 aliphatic carbocycles. The lowest BCUT2D eigenvalue weighted by Crippen LogP contribution is -1.84. The smallest absolute Gasteiger partial charge is 0.195 e. The van der Waals surface area contributed by atoms with E-state index in [9.17, 15) is 0 Å². The van der Waals surface area contributed by atoms with Crippen molar-refractivity contribution in [2.45, 2.75) is 26.2 Å². The molecule has 4 heteroatoms. The third kappa shape index (κ3) is 2.81. The molecule has 23 heavy (non-hydrogen) atoms. The zero-order valence-corrected chi connectivity index (χ0v) is 15.3. The van der Waals surface area contributed by atoms with Gasteiger partial charge in [-0.3, -0.25) is 4.40 Å². The predicted octanol–water partition coefficient (Wildman–Crippen LogP) is 6.32. The van der Waals surface area contributed by atoms with Crippen molar-refractivity contribution >= 4 is 42.4 Å². The van der Waals surface area contributed by atoms with Gasteiger partial charge in [-0.15, -0.1) is 0 Å². The molecular weight excluding hydrogens is 368 g/mol. The van der Waals surface area contributed by atoms with Gasteiger partial charge in [0.05, 0.1) is 15.9 Å². The lowest BCUT2D eigenvalue weighted by Gasteiger charge is -2.00. The van der Waals surface area contributed by atoms with Crippen LogP contribution in [0.1, 0.15) is 25.3 Å². The molecule has 4 rings (SSSR count). The molecule has 2 aromatic carbocycles. The Kier molecular flexibility index (Phi) is 3.95. The standard InChI is InChI=1S/C19H17BrN2S/c1-2-3-4-13-5-10-17-18(11-13)23-19-21-16(12-22(17)19)14-6-8-15(20)9-7-14/h5-12H,2-4H2,1H3. The van der Waals surface area contributed by atoms with Crippen molar-refractivity contribution in [3.63, 3.8) is 0 Å². The Hall–Kier alpha value is -1.65. The van der Waals surface area contributed by atoms with E-state index in [0.29, 0.717) is 0 Å². The minimum absolute atomic E-state index is 1.03. The minimum atomic E-state index is 1.03. The molecule has 0 aliphatic heterocycles. The van der Waals surface area contributed by atoms with E-state index in [0.717, 1.165) is 27.1 Å². The van der Waals surface area contributed by atoms with E-state index in [2.05, 4.69) is 75.9 Å². The summed E-state index contributed by atoms with van der Waals surface area (Å²) >= 11 is 5.25. The number of fused-ring (bicyclic) bond motifs is 3. The van der Waals surface area contributed by atoms with Crippen molar-refractivity contribution < 1.29 is 0 Å². The fourth-order valence-electron chi connectivity index (χ4n) is 2.84. The van der Waals surface area contributed by atoms with Gasteiger partial charge >= 0.3 is 0 Å². The summed E-state index contributed by atoms with van der Waals surface area (Å²) in [5.41, 5.74) is 4.86. The second kappa shape index (κ2) is 6.10. The highest BCUT2D eigenvalue weighted by Crippen LogP contribution is 2.30. The van der Waals surface area contributed by atoms with Crippen molar-refractivity contribution in [2.75, 3.05) is 0 Å². The number of hydrogen-bond acceptors (Lipinski definition) is 2. The molecule has 0 radical (unpaired) electrons. The first kappa shape index (κ1) is 14.9. The van der Waals surface area contributed by atoms with Gasteiger partial charge in [-0.05, 0) is 42.7 Å². The third-order valence-electron chi connectivity index (χ3n) is 4.12. The number of unbranched alkanes of at least 4 members (excludes halogenated alkanes) is 1. The van der Waals surface area contributed by atoms with Crippen LogP contribution in [0.5, 0.6) is 0 Å². The Morgan fingerprint density at radius 2 is 1.96 bits per heavy atom. The number of thiazole rings is 1. The largest absolute Gasteiger partial charge is 0.290 e. The lowest BCUT2D eigenvalue weighted by molar-refractivity contribution is 0.796. The van der Waals surface area contributed by atoms with Crippen molar-refractivity contribution in [1.29, 1.82) is 0 Å². The summed E-state index contributed by atoms with van der Waals surface area (Å²) in [7, 11) is 0. The molecule has 0 saturated heterocycles. The van der Waals surface area contributed by atoms with Gasteiger partial charge in [0.25, 0.3) is 0 Å². The second-order valence-electron chi connectivity index (χ2n) is 5.79. The number of imidazole rings is 1. The molecular formula is C19H17BrN2S. The first-order chi connectivity index (χ1) is 11.2. The topological polar surface area (TPSA) is 17.3 Å². The van der Waals surface area contributed by atoms with Gasteiger partial charge in [0.1, 0.15) is 0 Å². The Balaban J connectivity index is 1.76. The van der Waals surface area contributed by atoms with Crippen LogP contribution in [0.2, 0.25) is 0 Å². The molecule has 0 fully saturated rings. The van der Waals surface area contributed by atoms with Crippen molar-refractivity contribution in [3.05, 3.63) is 58.7 Å². The van der Waals surface area contributed by atoms with E-state index < -0.39 is 0 Å². The average Bonchev–Trinajstić information content (AvgIpc) is 3.10. The fourth-order valence-corrected chi connectivity index (χ4v) is 4.18. The molecule has 0 aliphatic rings. The zero-order valence-electron chi connectivity index (χ0n) is 12.9. The molecule has 0 amide bonds. The molecule has 0 bridgehead atoms. The molecule has 0 spiro atoms. The van der Waals surface area contributed by atoms with E-state index in [1.165, 1.54) is 28.6 Å². The zero-order chi connectivity index (χ0) is 15.8. The minimum Gasteiger partial charge on any atom is -0.290 e. The van der Waals surface area contributed by atoms with Crippen molar-refractivity contribution in [2.24, 2.45) is 0 Å². The van der Waals surface area contributed by atoms with Gasteiger partial charge in [0, 0.05) is 16.2 Å². The SMILES string of the molecule is CCCCc1ccc2c(c1)sc1nc(-c3ccc(Br)cc3)cn12. The molecule has 116 valence electrons. The Morgan fingerprint density at radius 3 is 2.74 bits per heavy atom. The monoisotopic (exact) mass is 384 g/mol.